The van der Waals surface area contributed by atoms with E-state index in [2.05, 4.69) is 6.07 Å². The smallest absolute Gasteiger partial charge is 0.137 e. The lowest BCUT2D eigenvalue weighted by molar-refractivity contribution is 0.414. The molecule has 0 bridgehead atoms. The van der Waals surface area contributed by atoms with Gasteiger partial charge in [-0.1, -0.05) is 11.6 Å². The highest BCUT2D eigenvalue weighted by Gasteiger charge is 2.05. The van der Waals surface area contributed by atoms with E-state index in [9.17, 15) is 0 Å². The Morgan fingerprint density at radius 1 is 1.54 bits per heavy atom. The van der Waals surface area contributed by atoms with E-state index in [0.29, 0.717) is 17.2 Å². The highest BCUT2D eigenvalue weighted by Crippen LogP contribution is 2.27. The number of halogens is 1. The lowest BCUT2D eigenvalue weighted by Crippen LogP contribution is -1.91. The number of nitriles is 1. The molecule has 0 N–H and O–H groups in total. The Kier molecular flexibility index (Phi) is 3.16. The number of aryl methyl sites for hydroxylation is 1. The first-order valence-electron chi connectivity index (χ1n) is 3.89. The van der Waals surface area contributed by atoms with Crippen LogP contribution in [0, 0.1) is 18.3 Å². The molecule has 0 aromatic heterocycles. The molecule has 68 valence electrons. The maximum absolute atomic E-state index is 8.54. The molecule has 0 heterocycles. The van der Waals surface area contributed by atoms with Gasteiger partial charge in [0.1, 0.15) is 5.75 Å². The zero-order valence-electron chi connectivity index (χ0n) is 7.60. The van der Waals surface area contributed by atoms with Gasteiger partial charge in [0.15, 0.2) is 0 Å². The quantitative estimate of drug-likeness (QED) is 0.727. The fourth-order valence-electron chi connectivity index (χ4n) is 1.13. The van der Waals surface area contributed by atoms with Gasteiger partial charge < -0.3 is 4.74 Å². The third kappa shape index (κ3) is 2.13. The summed E-state index contributed by atoms with van der Waals surface area (Å²) >= 11 is 5.90. The second kappa shape index (κ2) is 4.15. The maximum Gasteiger partial charge on any atom is 0.137 e. The molecule has 0 spiro atoms. The fourth-order valence-corrected chi connectivity index (χ4v) is 1.39. The summed E-state index contributed by atoms with van der Waals surface area (Å²) in [6.45, 7) is 1.94. The first-order valence-corrected chi connectivity index (χ1v) is 4.26. The maximum atomic E-state index is 8.54. The highest BCUT2D eigenvalue weighted by atomic mass is 35.5. The first-order chi connectivity index (χ1) is 6.19. The Hall–Kier alpha value is -1.20. The van der Waals surface area contributed by atoms with Gasteiger partial charge in [0, 0.05) is 0 Å². The molecule has 0 aliphatic heterocycles. The standard InChI is InChI=1S/C10H10ClNO/c1-7-5-10(13-2)9(11)6-8(7)3-4-12/h5-6H,3H2,1-2H3. The van der Waals surface area contributed by atoms with Crippen LogP contribution in [0.25, 0.3) is 0 Å². The minimum Gasteiger partial charge on any atom is -0.495 e. The molecule has 0 aliphatic rings. The van der Waals surface area contributed by atoms with Crippen molar-refractivity contribution in [3.8, 4) is 11.8 Å². The molecule has 1 rings (SSSR count). The first kappa shape index (κ1) is 9.88. The molecule has 1 aromatic rings. The number of rotatable bonds is 2. The van der Waals surface area contributed by atoms with Crippen molar-refractivity contribution in [1.82, 2.24) is 0 Å². The minimum atomic E-state index is 0.384. The fraction of sp³-hybridized carbons (Fsp3) is 0.300. The van der Waals surface area contributed by atoms with E-state index in [-0.39, 0.29) is 0 Å². The number of hydrogen-bond acceptors (Lipinski definition) is 2. The van der Waals surface area contributed by atoms with Crippen LogP contribution in [0.4, 0.5) is 0 Å². The van der Waals surface area contributed by atoms with E-state index in [0.717, 1.165) is 11.1 Å². The van der Waals surface area contributed by atoms with Gasteiger partial charge in [-0.05, 0) is 30.2 Å². The van der Waals surface area contributed by atoms with Gasteiger partial charge >= 0.3 is 0 Å². The largest absolute Gasteiger partial charge is 0.495 e. The van der Waals surface area contributed by atoms with Gasteiger partial charge in [0.05, 0.1) is 24.6 Å². The summed E-state index contributed by atoms with van der Waals surface area (Å²) in [6, 6.07) is 5.71. The van der Waals surface area contributed by atoms with Crippen LogP contribution in [-0.2, 0) is 6.42 Å². The van der Waals surface area contributed by atoms with Gasteiger partial charge in [0.25, 0.3) is 0 Å². The molecule has 3 heteroatoms. The normalized spacial score (nSPS) is 9.38. The van der Waals surface area contributed by atoms with Gasteiger partial charge in [-0.3, -0.25) is 0 Å². The SMILES string of the molecule is COc1cc(C)c(CC#N)cc1Cl. The predicted molar refractivity (Wildman–Crippen MR) is 52.1 cm³/mol. The topological polar surface area (TPSA) is 33.0 Å². The van der Waals surface area contributed by atoms with E-state index in [1.807, 2.05) is 13.0 Å². The summed E-state index contributed by atoms with van der Waals surface area (Å²) in [6.07, 6.45) is 0.384. The molecule has 0 unspecified atom stereocenters. The Labute approximate surface area is 82.7 Å². The Balaban J connectivity index is 3.14. The van der Waals surface area contributed by atoms with Gasteiger partial charge in [-0.15, -0.1) is 0 Å². The van der Waals surface area contributed by atoms with E-state index in [4.69, 9.17) is 21.6 Å². The third-order valence-corrected chi connectivity index (χ3v) is 2.18. The zero-order valence-corrected chi connectivity index (χ0v) is 8.35. The zero-order chi connectivity index (χ0) is 9.84. The lowest BCUT2D eigenvalue weighted by atomic mass is 10.1. The summed E-state index contributed by atoms with van der Waals surface area (Å²) in [5.74, 6) is 0.654. The molecule has 0 saturated carbocycles. The summed E-state index contributed by atoms with van der Waals surface area (Å²) in [5, 5.41) is 9.09. The van der Waals surface area contributed by atoms with Gasteiger partial charge in [0.2, 0.25) is 0 Å². The summed E-state index contributed by atoms with van der Waals surface area (Å²) in [7, 11) is 1.57. The second-order valence-electron chi connectivity index (χ2n) is 2.75. The minimum absolute atomic E-state index is 0.384. The van der Waals surface area contributed by atoms with Crippen molar-refractivity contribution in [2.45, 2.75) is 13.3 Å². The van der Waals surface area contributed by atoms with Gasteiger partial charge in [-0.2, -0.15) is 5.26 Å². The average Bonchev–Trinajstić information content (AvgIpc) is 2.11. The Morgan fingerprint density at radius 2 is 2.23 bits per heavy atom. The molecule has 13 heavy (non-hydrogen) atoms. The number of nitrogens with zero attached hydrogens (tertiary/aromatic N) is 1. The van der Waals surface area contributed by atoms with Crippen LogP contribution < -0.4 is 4.74 Å². The molecule has 0 fully saturated rings. The predicted octanol–water partition coefficient (Wildman–Crippen LogP) is 2.72. The Bertz CT molecular complexity index is 355. The molecule has 0 saturated heterocycles. The van der Waals surface area contributed by atoms with Crippen LogP contribution in [0.5, 0.6) is 5.75 Å². The van der Waals surface area contributed by atoms with Crippen LogP contribution in [0.1, 0.15) is 11.1 Å². The monoisotopic (exact) mass is 195 g/mol. The molecule has 1 aromatic carbocycles. The van der Waals surface area contributed by atoms with Crippen LogP contribution >= 0.6 is 11.6 Å². The van der Waals surface area contributed by atoms with Crippen LogP contribution in [0.3, 0.4) is 0 Å². The second-order valence-corrected chi connectivity index (χ2v) is 3.16. The number of hydrogen-bond donors (Lipinski definition) is 0. The van der Waals surface area contributed by atoms with Gasteiger partial charge in [-0.25, -0.2) is 0 Å². The molecule has 2 nitrogen and oxygen atoms in total. The van der Waals surface area contributed by atoms with Crippen molar-refractivity contribution in [2.75, 3.05) is 7.11 Å². The molecule has 0 atom stereocenters. The van der Waals surface area contributed by atoms with E-state index in [1.54, 1.807) is 13.2 Å². The van der Waals surface area contributed by atoms with E-state index < -0.39 is 0 Å². The molecule has 0 aliphatic carbocycles. The van der Waals surface area contributed by atoms with E-state index in [1.165, 1.54) is 0 Å². The van der Waals surface area contributed by atoms with Crippen LogP contribution in [0.15, 0.2) is 12.1 Å². The summed E-state index contributed by atoms with van der Waals surface area (Å²) in [5.41, 5.74) is 1.98. The average molecular weight is 196 g/mol. The summed E-state index contributed by atoms with van der Waals surface area (Å²) in [4.78, 5) is 0. The highest BCUT2D eigenvalue weighted by molar-refractivity contribution is 6.32. The number of benzene rings is 1. The molecule has 0 radical (unpaired) electrons. The van der Waals surface area contributed by atoms with Crippen LogP contribution in [0.2, 0.25) is 5.02 Å². The van der Waals surface area contributed by atoms with Crippen molar-refractivity contribution >= 4 is 11.6 Å². The van der Waals surface area contributed by atoms with Crippen molar-refractivity contribution in [3.05, 3.63) is 28.3 Å². The number of methoxy groups -OCH3 is 1. The summed E-state index contributed by atoms with van der Waals surface area (Å²) < 4.78 is 5.04. The molecule has 0 amide bonds. The van der Waals surface area contributed by atoms with Crippen molar-refractivity contribution in [3.63, 3.8) is 0 Å². The van der Waals surface area contributed by atoms with Crippen molar-refractivity contribution in [1.29, 1.82) is 5.26 Å². The van der Waals surface area contributed by atoms with Crippen LogP contribution in [-0.4, -0.2) is 7.11 Å². The van der Waals surface area contributed by atoms with Crippen molar-refractivity contribution in [2.24, 2.45) is 0 Å². The Morgan fingerprint density at radius 3 is 2.77 bits per heavy atom. The van der Waals surface area contributed by atoms with Crippen molar-refractivity contribution < 1.29 is 4.74 Å². The molecular formula is C10H10ClNO. The lowest BCUT2D eigenvalue weighted by Gasteiger charge is -2.07. The third-order valence-electron chi connectivity index (χ3n) is 1.88. The van der Waals surface area contributed by atoms with E-state index >= 15 is 0 Å². The number of ether oxygens (including phenoxy) is 1. The molecular weight excluding hydrogens is 186 g/mol.